The number of carbonyl (C=O) groups excluding carboxylic acids is 1. The van der Waals surface area contributed by atoms with Gasteiger partial charge in [-0.3, -0.25) is 14.2 Å². The lowest BCUT2D eigenvalue weighted by atomic mass is 10.4. The molecule has 1 aromatic heterocycles. The summed E-state index contributed by atoms with van der Waals surface area (Å²) in [5, 5.41) is 3.81. The molecule has 1 N–H and O–H groups in total. The van der Waals surface area contributed by atoms with Crippen molar-refractivity contribution >= 4 is 21.7 Å². The quantitative estimate of drug-likeness (QED) is 0.832. The Balaban J connectivity index is 2.16. The van der Waals surface area contributed by atoms with Crippen LogP contribution in [-0.4, -0.2) is 31.3 Å². The van der Waals surface area contributed by atoms with Crippen LogP contribution in [0.2, 0.25) is 0 Å². The largest absolute Gasteiger partial charge is 0.468 e. The Kier molecular flexibility index (Phi) is 4.22. The molecule has 0 radical (unpaired) electrons. The van der Waals surface area contributed by atoms with Crippen LogP contribution in [0.1, 0.15) is 0 Å². The third kappa shape index (κ3) is 3.78. The number of methoxy groups -OCH3 is 1. The second-order valence-corrected chi connectivity index (χ2v) is 5.75. The Bertz CT molecular complexity index is 757. The maximum atomic E-state index is 13.1. The number of halogens is 1. The van der Waals surface area contributed by atoms with Crippen LogP contribution in [0.3, 0.4) is 0 Å². The van der Waals surface area contributed by atoms with Gasteiger partial charge in [0, 0.05) is 6.20 Å². The number of carbonyl (C=O) groups is 1. The first kappa shape index (κ1) is 15.0. The molecule has 9 heteroatoms. The Hall–Kier alpha value is -2.42. The van der Waals surface area contributed by atoms with E-state index in [1.54, 1.807) is 0 Å². The molecule has 0 bridgehead atoms. The smallest absolute Gasteiger partial charge is 0.327 e. The zero-order valence-electron chi connectivity index (χ0n) is 11.0. The molecule has 1 aromatic carbocycles. The monoisotopic (exact) mass is 313 g/mol. The summed E-state index contributed by atoms with van der Waals surface area (Å²) in [5.41, 5.74) is 0.156. The minimum Gasteiger partial charge on any atom is -0.468 e. The lowest BCUT2D eigenvalue weighted by Crippen LogP contribution is -2.13. The third-order valence-corrected chi connectivity index (χ3v) is 3.89. The van der Waals surface area contributed by atoms with Crippen molar-refractivity contribution in [2.45, 2.75) is 11.4 Å². The van der Waals surface area contributed by atoms with Crippen LogP contribution in [0.5, 0.6) is 0 Å². The molecule has 1 heterocycles. The standard InChI is InChI=1S/C12H12FN3O4S/c1-20-12(17)8-16-7-10(6-14-16)15-21(18,19)11-4-2-3-9(13)5-11/h2-7,15H,8H2,1H3. The fraction of sp³-hybridized carbons (Fsp3) is 0.167. The molecule has 0 saturated carbocycles. The van der Waals surface area contributed by atoms with Gasteiger partial charge in [-0.25, -0.2) is 12.8 Å². The summed E-state index contributed by atoms with van der Waals surface area (Å²) in [5.74, 6) is -1.17. The van der Waals surface area contributed by atoms with Gasteiger partial charge in [0.2, 0.25) is 0 Å². The molecule has 0 aliphatic carbocycles. The van der Waals surface area contributed by atoms with Crippen molar-refractivity contribution in [1.82, 2.24) is 9.78 Å². The lowest BCUT2D eigenvalue weighted by molar-refractivity contribution is -0.141. The summed E-state index contributed by atoms with van der Waals surface area (Å²) >= 11 is 0. The van der Waals surface area contributed by atoms with Crippen LogP contribution in [-0.2, 0) is 26.1 Å². The van der Waals surface area contributed by atoms with Gasteiger partial charge in [0.15, 0.2) is 0 Å². The van der Waals surface area contributed by atoms with Gasteiger partial charge in [0.25, 0.3) is 10.0 Å². The molecule has 0 unspecified atom stereocenters. The fourth-order valence-electron chi connectivity index (χ4n) is 1.55. The maximum Gasteiger partial charge on any atom is 0.327 e. The zero-order chi connectivity index (χ0) is 15.5. The summed E-state index contributed by atoms with van der Waals surface area (Å²) < 4.78 is 45.1. The van der Waals surface area contributed by atoms with Crippen molar-refractivity contribution in [3.8, 4) is 0 Å². The number of nitrogens with one attached hydrogen (secondary N) is 1. The number of anilines is 1. The molecule has 7 nitrogen and oxygen atoms in total. The highest BCUT2D eigenvalue weighted by Crippen LogP contribution is 2.16. The summed E-state index contributed by atoms with van der Waals surface area (Å²) in [7, 11) is -2.68. The predicted octanol–water partition coefficient (Wildman–Crippen LogP) is 0.996. The summed E-state index contributed by atoms with van der Waals surface area (Å²) in [6.45, 7) is -0.141. The van der Waals surface area contributed by atoms with E-state index < -0.39 is 21.8 Å². The third-order valence-electron chi connectivity index (χ3n) is 2.51. The van der Waals surface area contributed by atoms with Crippen LogP contribution in [0.15, 0.2) is 41.6 Å². The highest BCUT2D eigenvalue weighted by molar-refractivity contribution is 7.92. The van der Waals surface area contributed by atoms with E-state index in [9.17, 15) is 17.6 Å². The fourth-order valence-corrected chi connectivity index (χ4v) is 2.61. The highest BCUT2D eigenvalue weighted by atomic mass is 32.2. The number of ether oxygens (including phenoxy) is 1. The Morgan fingerprint density at radius 1 is 1.48 bits per heavy atom. The van der Waals surface area contributed by atoms with E-state index in [-0.39, 0.29) is 17.1 Å². The van der Waals surface area contributed by atoms with Gasteiger partial charge in [-0.1, -0.05) is 6.07 Å². The summed E-state index contributed by atoms with van der Waals surface area (Å²) in [6, 6.07) is 4.61. The molecule has 2 rings (SSSR count). The maximum absolute atomic E-state index is 13.1. The van der Waals surface area contributed by atoms with Gasteiger partial charge in [-0.15, -0.1) is 0 Å². The molecule has 0 aliphatic heterocycles. The van der Waals surface area contributed by atoms with Crippen molar-refractivity contribution in [3.05, 3.63) is 42.5 Å². The van der Waals surface area contributed by atoms with Crippen LogP contribution < -0.4 is 4.72 Å². The molecular weight excluding hydrogens is 301 g/mol. The average Bonchev–Trinajstić information content (AvgIpc) is 2.85. The highest BCUT2D eigenvalue weighted by Gasteiger charge is 2.16. The van der Waals surface area contributed by atoms with Crippen molar-refractivity contribution in [3.63, 3.8) is 0 Å². The molecule has 0 atom stereocenters. The van der Waals surface area contributed by atoms with Gasteiger partial charge < -0.3 is 4.74 Å². The molecule has 2 aromatic rings. The van der Waals surface area contributed by atoms with Crippen molar-refractivity contribution in [2.75, 3.05) is 11.8 Å². The molecule has 0 fully saturated rings. The minimum absolute atomic E-state index is 0.141. The van der Waals surface area contributed by atoms with E-state index in [0.717, 1.165) is 12.1 Å². The van der Waals surface area contributed by atoms with E-state index in [2.05, 4.69) is 14.6 Å². The van der Waals surface area contributed by atoms with Crippen molar-refractivity contribution in [1.29, 1.82) is 0 Å². The van der Waals surface area contributed by atoms with Gasteiger partial charge in [-0.2, -0.15) is 5.10 Å². The number of aromatic nitrogens is 2. The van der Waals surface area contributed by atoms with E-state index in [4.69, 9.17) is 0 Å². The molecular formula is C12H12FN3O4S. The topological polar surface area (TPSA) is 90.3 Å². The Labute approximate surface area is 120 Å². The molecule has 0 saturated heterocycles. The first-order valence-corrected chi connectivity index (χ1v) is 7.27. The predicted molar refractivity (Wildman–Crippen MR) is 71.5 cm³/mol. The van der Waals surface area contributed by atoms with Gasteiger partial charge >= 0.3 is 5.97 Å². The zero-order valence-corrected chi connectivity index (χ0v) is 11.8. The number of sulfonamides is 1. The number of rotatable bonds is 5. The second kappa shape index (κ2) is 5.92. The Morgan fingerprint density at radius 2 is 2.24 bits per heavy atom. The van der Waals surface area contributed by atoms with E-state index in [0.29, 0.717) is 0 Å². The van der Waals surface area contributed by atoms with Crippen molar-refractivity contribution < 1.29 is 22.3 Å². The van der Waals surface area contributed by atoms with Crippen molar-refractivity contribution in [2.24, 2.45) is 0 Å². The van der Waals surface area contributed by atoms with Gasteiger partial charge in [-0.05, 0) is 18.2 Å². The molecule has 0 amide bonds. The van der Waals surface area contributed by atoms with Gasteiger partial charge in [0.1, 0.15) is 12.4 Å². The number of esters is 1. The number of benzene rings is 1. The average molecular weight is 313 g/mol. The molecule has 112 valence electrons. The SMILES string of the molecule is COC(=O)Cn1cc(NS(=O)(=O)c2cccc(F)c2)cn1. The summed E-state index contributed by atoms with van der Waals surface area (Å²) in [6.07, 6.45) is 2.56. The van der Waals surface area contributed by atoms with E-state index in [1.165, 1.54) is 36.3 Å². The molecule has 0 aliphatic rings. The summed E-state index contributed by atoms with van der Waals surface area (Å²) in [4.78, 5) is 10.9. The first-order valence-electron chi connectivity index (χ1n) is 5.78. The number of hydrogen-bond donors (Lipinski definition) is 1. The second-order valence-electron chi connectivity index (χ2n) is 4.07. The first-order chi connectivity index (χ1) is 9.90. The Morgan fingerprint density at radius 3 is 2.90 bits per heavy atom. The molecule has 21 heavy (non-hydrogen) atoms. The minimum atomic E-state index is -3.92. The van der Waals surface area contributed by atoms with Crippen LogP contribution in [0.25, 0.3) is 0 Å². The van der Waals surface area contributed by atoms with Crippen LogP contribution in [0, 0.1) is 5.82 Å². The van der Waals surface area contributed by atoms with Crippen LogP contribution in [0.4, 0.5) is 10.1 Å². The normalized spacial score (nSPS) is 11.1. The lowest BCUT2D eigenvalue weighted by Gasteiger charge is -2.05. The molecule has 0 spiro atoms. The van der Waals surface area contributed by atoms with E-state index >= 15 is 0 Å². The number of nitrogens with zero attached hydrogens (tertiary/aromatic N) is 2. The van der Waals surface area contributed by atoms with Crippen LogP contribution >= 0.6 is 0 Å². The number of hydrogen-bond acceptors (Lipinski definition) is 5. The van der Waals surface area contributed by atoms with E-state index in [1.807, 2.05) is 0 Å². The van der Waals surface area contributed by atoms with Gasteiger partial charge in [0.05, 0.1) is 23.9 Å².